The highest BCUT2D eigenvalue weighted by atomic mass is 16.7. The van der Waals surface area contributed by atoms with Crippen molar-refractivity contribution in [3.05, 3.63) is 108 Å². The fourth-order valence-electron chi connectivity index (χ4n) is 4.52. The van der Waals surface area contributed by atoms with E-state index in [4.69, 9.17) is 19.0 Å². The number of esters is 1. The van der Waals surface area contributed by atoms with E-state index >= 15 is 0 Å². The summed E-state index contributed by atoms with van der Waals surface area (Å²) in [4.78, 5) is 18.5. The van der Waals surface area contributed by atoms with Gasteiger partial charge in [0.15, 0.2) is 0 Å². The predicted octanol–water partition coefficient (Wildman–Crippen LogP) is 3.92. The highest BCUT2D eigenvalue weighted by molar-refractivity contribution is 5.89. The fraction of sp³-hybridized carbons (Fsp3) is 0.296. The second-order valence-corrected chi connectivity index (χ2v) is 8.38. The molecule has 3 aromatic rings. The predicted molar refractivity (Wildman–Crippen MR) is 122 cm³/mol. The van der Waals surface area contributed by atoms with Gasteiger partial charge in [-0.3, -0.25) is 0 Å². The van der Waals surface area contributed by atoms with E-state index in [0.29, 0.717) is 25.4 Å². The van der Waals surface area contributed by atoms with Crippen molar-refractivity contribution in [1.82, 2.24) is 5.48 Å². The summed E-state index contributed by atoms with van der Waals surface area (Å²) in [5.74, 6) is -0.442. The number of benzene rings is 3. The summed E-state index contributed by atoms with van der Waals surface area (Å²) in [5, 5.41) is 0. The molecule has 0 unspecified atom stereocenters. The molecule has 1 N–H and O–H groups in total. The van der Waals surface area contributed by atoms with Crippen LogP contribution in [-0.2, 0) is 32.3 Å². The SMILES string of the molecule is O=C(O[C@@H]1[C@@H]2CON[C@@H]2[C@H](OCc2ccccc2)[C@H]1OCc1ccccc1)c1ccccc1. The second-order valence-electron chi connectivity index (χ2n) is 8.38. The Morgan fingerprint density at radius 2 is 1.30 bits per heavy atom. The average molecular weight is 446 g/mol. The molecule has 5 rings (SSSR count). The molecule has 33 heavy (non-hydrogen) atoms. The Bertz CT molecular complexity index is 1030. The van der Waals surface area contributed by atoms with Crippen molar-refractivity contribution in [1.29, 1.82) is 0 Å². The lowest BCUT2D eigenvalue weighted by molar-refractivity contribution is -0.125. The quantitative estimate of drug-likeness (QED) is 0.531. The van der Waals surface area contributed by atoms with E-state index in [1.54, 1.807) is 12.1 Å². The van der Waals surface area contributed by atoms with E-state index in [1.165, 1.54) is 0 Å². The second kappa shape index (κ2) is 10.3. The zero-order chi connectivity index (χ0) is 22.5. The van der Waals surface area contributed by atoms with Crippen molar-refractivity contribution in [2.24, 2.45) is 5.92 Å². The van der Waals surface area contributed by atoms with Gasteiger partial charge in [-0.15, -0.1) is 0 Å². The molecular formula is C27H27NO5. The summed E-state index contributed by atoms with van der Waals surface area (Å²) in [5.41, 5.74) is 5.71. The minimum Gasteiger partial charge on any atom is -0.455 e. The van der Waals surface area contributed by atoms with E-state index in [0.717, 1.165) is 11.1 Å². The van der Waals surface area contributed by atoms with Gasteiger partial charge in [0.1, 0.15) is 18.3 Å². The van der Waals surface area contributed by atoms with Crippen LogP contribution in [0.25, 0.3) is 0 Å². The van der Waals surface area contributed by atoms with Gasteiger partial charge in [0.25, 0.3) is 0 Å². The highest BCUT2D eigenvalue weighted by Crippen LogP contribution is 2.38. The molecule has 0 spiro atoms. The van der Waals surface area contributed by atoms with E-state index in [9.17, 15) is 4.79 Å². The lowest BCUT2D eigenvalue weighted by Crippen LogP contribution is -2.42. The molecule has 1 aliphatic carbocycles. The number of carbonyl (C=O) groups excluding carboxylic acids is 1. The summed E-state index contributed by atoms with van der Waals surface area (Å²) < 4.78 is 18.8. The Hall–Kier alpha value is -3.03. The number of fused-ring (bicyclic) bond motifs is 1. The Kier molecular flexibility index (Phi) is 6.79. The molecule has 1 heterocycles. The third-order valence-corrected chi connectivity index (χ3v) is 6.20. The van der Waals surface area contributed by atoms with Gasteiger partial charge in [-0.05, 0) is 23.3 Å². The molecule has 0 bridgehead atoms. The Morgan fingerprint density at radius 3 is 1.91 bits per heavy atom. The molecule has 3 aromatic carbocycles. The summed E-state index contributed by atoms with van der Waals surface area (Å²) in [7, 11) is 0. The maximum Gasteiger partial charge on any atom is 0.338 e. The number of ether oxygens (including phenoxy) is 3. The first-order valence-electron chi connectivity index (χ1n) is 11.2. The molecule has 6 nitrogen and oxygen atoms in total. The average Bonchev–Trinajstić information content (AvgIpc) is 3.45. The summed E-state index contributed by atoms with van der Waals surface area (Å²) in [6.07, 6.45) is -1.27. The fourth-order valence-corrected chi connectivity index (χ4v) is 4.52. The van der Waals surface area contributed by atoms with Crippen molar-refractivity contribution in [2.75, 3.05) is 6.61 Å². The standard InChI is InChI=1S/C27H27NO5/c29-27(21-14-8-3-9-15-21)33-24-22-18-32-28-23(22)25(30-16-19-10-4-1-5-11-19)26(24)31-17-20-12-6-2-7-13-20/h1-15,22-26,28H,16-18H2/t22-,23+,24-,25+,26+/m1/s1. The van der Waals surface area contributed by atoms with Crippen molar-refractivity contribution >= 4 is 5.97 Å². The molecule has 1 aliphatic heterocycles. The molecule has 6 heteroatoms. The van der Waals surface area contributed by atoms with E-state index in [1.807, 2.05) is 78.9 Å². The number of carbonyl (C=O) groups is 1. The molecule has 0 amide bonds. The first-order valence-corrected chi connectivity index (χ1v) is 11.2. The maximum atomic E-state index is 12.9. The van der Waals surface area contributed by atoms with Crippen molar-refractivity contribution in [3.8, 4) is 0 Å². The summed E-state index contributed by atoms with van der Waals surface area (Å²) in [6.45, 7) is 1.26. The molecular weight excluding hydrogens is 418 g/mol. The molecule has 170 valence electrons. The molecule has 0 radical (unpaired) electrons. The van der Waals surface area contributed by atoms with Gasteiger partial charge in [0.05, 0.1) is 31.4 Å². The van der Waals surface area contributed by atoms with Gasteiger partial charge >= 0.3 is 5.97 Å². The van der Waals surface area contributed by atoms with Gasteiger partial charge in [0.2, 0.25) is 0 Å². The molecule has 0 aromatic heterocycles. The van der Waals surface area contributed by atoms with Crippen LogP contribution in [0.15, 0.2) is 91.0 Å². The number of hydrogen-bond acceptors (Lipinski definition) is 6. The van der Waals surface area contributed by atoms with Crippen LogP contribution in [0.1, 0.15) is 21.5 Å². The van der Waals surface area contributed by atoms with E-state index in [-0.39, 0.29) is 24.0 Å². The highest BCUT2D eigenvalue weighted by Gasteiger charge is 2.57. The normalized spacial score (nSPS) is 26.1. The van der Waals surface area contributed by atoms with Gasteiger partial charge in [0, 0.05) is 5.92 Å². The van der Waals surface area contributed by atoms with Crippen LogP contribution < -0.4 is 5.48 Å². The molecule has 2 fully saturated rings. The zero-order valence-electron chi connectivity index (χ0n) is 18.2. The van der Waals surface area contributed by atoms with E-state index in [2.05, 4.69) is 5.48 Å². The monoisotopic (exact) mass is 445 g/mol. The number of rotatable bonds is 8. The molecule has 1 saturated heterocycles. The van der Waals surface area contributed by atoms with Crippen LogP contribution in [0.2, 0.25) is 0 Å². The van der Waals surface area contributed by atoms with Crippen LogP contribution in [0.5, 0.6) is 0 Å². The third-order valence-electron chi connectivity index (χ3n) is 6.20. The minimum atomic E-state index is -0.498. The number of hydroxylamine groups is 1. The zero-order valence-corrected chi connectivity index (χ0v) is 18.2. The Labute approximate surface area is 193 Å². The van der Waals surface area contributed by atoms with Gasteiger partial charge in [-0.2, -0.15) is 5.48 Å². The topological polar surface area (TPSA) is 66.0 Å². The van der Waals surface area contributed by atoms with Gasteiger partial charge in [-0.1, -0.05) is 78.9 Å². The maximum absolute atomic E-state index is 12.9. The summed E-state index contributed by atoms with van der Waals surface area (Å²) >= 11 is 0. The van der Waals surface area contributed by atoms with Crippen LogP contribution in [0, 0.1) is 5.92 Å². The Morgan fingerprint density at radius 1 is 0.758 bits per heavy atom. The lowest BCUT2D eigenvalue weighted by atomic mass is 10.0. The first kappa shape index (κ1) is 21.8. The van der Waals surface area contributed by atoms with Crippen molar-refractivity contribution in [2.45, 2.75) is 37.6 Å². The number of hydrogen-bond donors (Lipinski definition) is 1. The molecule has 1 saturated carbocycles. The van der Waals surface area contributed by atoms with Crippen LogP contribution in [0.4, 0.5) is 0 Å². The number of nitrogens with one attached hydrogen (secondary N) is 1. The Balaban J connectivity index is 1.37. The van der Waals surface area contributed by atoms with Crippen molar-refractivity contribution < 1.29 is 23.8 Å². The molecule has 5 atom stereocenters. The smallest absolute Gasteiger partial charge is 0.338 e. The van der Waals surface area contributed by atoms with Crippen LogP contribution in [0.3, 0.4) is 0 Å². The summed E-state index contributed by atoms with van der Waals surface area (Å²) in [6, 6.07) is 28.9. The van der Waals surface area contributed by atoms with Crippen LogP contribution in [-0.4, -0.2) is 36.9 Å². The largest absolute Gasteiger partial charge is 0.455 e. The van der Waals surface area contributed by atoms with Crippen LogP contribution >= 0.6 is 0 Å². The van der Waals surface area contributed by atoms with E-state index < -0.39 is 12.2 Å². The lowest BCUT2D eigenvalue weighted by Gasteiger charge is -2.28. The van der Waals surface area contributed by atoms with Gasteiger partial charge < -0.3 is 19.0 Å². The van der Waals surface area contributed by atoms with Crippen molar-refractivity contribution in [3.63, 3.8) is 0 Å². The minimum absolute atomic E-state index is 0.0702. The van der Waals surface area contributed by atoms with Gasteiger partial charge in [-0.25, -0.2) is 4.79 Å². The third kappa shape index (κ3) is 4.99. The first-order chi connectivity index (χ1) is 16.3. The molecule has 2 aliphatic rings.